The highest BCUT2D eigenvalue weighted by Gasteiger charge is 2.02. The van der Waals surface area contributed by atoms with Crippen LogP contribution < -0.4 is 0 Å². The van der Waals surface area contributed by atoms with Crippen LogP contribution in [0, 0.1) is 11.6 Å². The van der Waals surface area contributed by atoms with Gasteiger partial charge in [-0.3, -0.25) is 0 Å². The van der Waals surface area contributed by atoms with Crippen molar-refractivity contribution >= 4 is 0 Å². The monoisotopic (exact) mass is 168 g/mol. The third kappa shape index (κ3) is 2.16. The van der Waals surface area contributed by atoms with Gasteiger partial charge < -0.3 is 0 Å². The van der Waals surface area contributed by atoms with Crippen LogP contribution in [0.15, 0.2) is 30.4 Å². The fourth-order valence-electron chi connectivity index (χ4n) is 1.00. The molecule has 0 aliphatic carbocycles. The fraction of sp³-hybridized carbons (Fsp3) is 0.200. The average molecular weight is 168 g/mol. The van der Waals surface area contributed by atoms with Crippen molar-refractivity contribution in [2.75, 3.05) is 0 Å². The first-order valence-corrected chi connectivity index (χ1v) is 3.68. The number of halogens is 2. The lowest BCUT2D eigenvalue weighted by Crippen LogP contribution is -1.92. The minimum absolute atomic E-state index is 0.363. The lowest BCUT2D eigenvalue weighted by molar-refractivity contribution is 0.588. The number of benzene rings is 1. The molecule has 0 saturated heterocycles. The molecule has 0 unspecified atom stereocenters. The summed E-state index contributed by atoms with van der Waals surface area (Å²) in [4.78, 5) is 0. The summed E-state index contributed by atoms with van der Waals surface area (Å²) in [7, 11) is 0. The van der Waals surface area contributed by atoms with Gasteiger partial charge in [0, 0.05) is 0 Å². The van der Waals surface area contributed by atoms with Crippen LogP contribution in [-0.2, 0) is 6.42 Å². The maximum Gasteiger partial charge on any atom is 0.126 e. The summed E-state index contributed by atoms with van der Waals surface area (Å²) in [6.07, 6.45) is 0.392. The maximum atomic E-state index is 12.9. The molecule has 0 radical (unpaired) electrons. The number of allylic oxidation sites excluding steroid dienone is 1. The zero-order valence-corrected chi connectivity index (χ0v) is 6.90. The summed E-state index contributed by atoms with van der Waals surface area (Å²) in [5.74, 6) is -0.785. The summed E-state index contributed by atoms with van der Waals surface area (Å²) in [5.41, 5.74) is 1.18. The van der Waals surface area contributed by atoms with E-state index in [2.05, 4.69) is 6.58 Å². The largest absolute Gasteiger partial charge is 0.207 e. The molecule has 0 heterocycles. The Hall–Kier alpha value is -1.18. The second kappa shape index (κ2) is 3.48. The summed E-state index contributed by atoms with van der Waals surface area (Å²) in [6.45, 7) is 5.41. The molecular weight excluding hydrogens is 158 g/mol. The van der Waals surface area contributed by atoms with Crippen LogP contribution in [0.25, 0.3) is 0 Å². The summed E-state index contributed by atoms with van der Waals surface area (Å²) >= 11 is 0. The van der Waals surface area contributed by atoms with Gasteiger partial charge >= 0.3 is 0 Å². The van der Waals surface area contributed by atoms with E-state index in [1.807, 2.05) is 0 Å². The summed E-state index contributed by atoms with van der Waals surface area (Å²) in [6, 6.07) is 3.44. The van der Waals surface area contributed by atoms with Gasteiger partial charge in [-0.1, -0.05) is 12.2 Å². The van der Waals surface area contributed by atoms with Gasteiger partial charge in [0.05, 0.1) is 0 Å². The molecule has 1 rings (SSSR count). The summed E-state index contributed by atoms with van der Waals surface area (Å²) < 4.78 is 25.5. The fourth-order valence-corrected chi connectivity index (χ4v) is 1.00. The van der Waals surface area contributed by atoms with E-state index in [1.165, 1.54) is 6.07 Å². The van der Waals surface area contributed by atoms with Gasteiger partial charge in [0.25, 0.3) is 0 Å². The molecule has 0 fully saturated rings. The van der Waals surface area contributed by atoms with Crippen molar-refractivity contribution in [2.45, 2.75) is 13.3 Å². The third-order valence-electron chi connectivity index (χ3n) is 1.50. The molecule has 2 heteroatoms. The first-order valence-electron chi connectivity index (χ1n) is 3.68. The number of hydrogen-bond acceptors (Lipinski definition) is 0. The van der Waals surface area contributed by atoms with Crippen LogP contribution >= 0.6 is 0 Å². The molecule has 0 atom stereocenters. The molecule has 0 amide bonds. The van der Waals surface area contributed by atoms with Crippen LogP contribution in [0.4, 0.5) is 8.78 Å². The van der Waals surface area contributed by atoms with Crippen LogP contribution in [-0.4, -0.2) is 0 Å². The van der Waals surface area contributed by atoms with E-state index in [0.29, 0.717) is 12.0 Å². The molecule has 1 aromatic carbocycles. The Labute approximate surface area is 70.5 Å². The molecule has 0 saturated carbocycles. The molecule has 0 bridgehead atoms. The first-order chi connectivity index (χ1) is 5.59. The van der Waals surface area contributed by atoms with E-state index in [9.17, 15) is 8.78 Å². The Balaban J connectivity index is 2.97. The lowest BCUT2D eigenvalue weighted by atomic mass is 10.1. The SMILES string of the molecule is C=C(C)Cc1cc(F)ccc1F. The average Bonchev–Trinajstić information content (AvgIpc) is 1.96. The predicted molar refractivity (Wildman–Crippen MR) is 44.9 cm³/mol. The zero-order chi connectivity index (χ0) is 9.14. The smallest absolute Gasteiger partial charge is 0.126 e. The van der Waals surface area contributed by atoms with Gasteiger partial charge in [-0.25, -0.2) is 8.78 Å². The molecular formula is C10H10F2. The lowest BCUT2D eigenvalue weighted by Gasteiger charge is -2.01. The van der Waals surface area contributed by atoms with Crippen LogP contribution in [0.1, 0.15) is 12.5 Å². The van der Waals surface area contributed by atoms with E-state index < -0.39 is 5.82 Å². The standard InChI is InChI=1S/C10H10F2/c1-7(2)5-8-6-9(11)3-4-10(8)12/h3-4,6H,1,5H2,2H3. The topological polar surface area (TPSA) is 0 Å². The molecule has 64 valence electrons. The van der Waals surface area contributed by atoms with E-state index in [0.717, 1.165) is 17.7 Å². The molecule has 0 N–H and O–H groups in total. The van der Waals surface area contributed by atoms with Crippen molar-refractivity contribution in [3.8, 4) is 0 Å². The molecule has 0 nitrogen and oxygen atoms in total. The first kappa shape index (κ1) is 8.91. The van der Waals surface area contributed by atoms with Gasteiger partial charge in [0.15, 0.2) is 0 Å². The van der Waals surface area contributed by atoms with Gasteiger partial charge in [-0.2, -0.15) is 0 Å². The van der Waals surface area contributed by atoms with E-state index >= 15 is 0 Å². The second-order valence-corrected chi connectivity index (χ2v) is 2.87. The summed E-state index contributed by atoms with van der Waals surface area (Å²) in [5, 5.41) is 0. The van der Waals surface area contributed by atoms with Crippen molar-refractivity contribution < 1.29 is 8.78 Å². The van der Waals surface area contributed by atoms with Gasteiger partial charge in [0.2, 0.25) is 0 Å². The highest BCUT2D eigenvalue weighted by atomic mass is 19.1. The number of hydrogen-bond donors (Lipinski definition) is 0. The zero-order valence-electron chi connectivity index (χ0n) is 6.90. The molecule has 12 heavy (non-hydrogen) atoms. The minimum Gasteiger partial charge on any atom is -0.207 e. The minimum atomic E-state index is -0.410. The van der Waals surface area contributed by atoms with Crippen molar-refractivity contribution in [3.05, 3.63) is 47.5 Å². The predicted octanol–water partition coefficient (Wildman–Crippen LogP) is 3.08. The molecule has 1 aromatic rings. The quantitative estimate of drug-likeness (QED) is 0.595. The van der Waals surface area contributed by atoms with E-state index in [-0.39, 0.29) is 5.82 Å². The van der Waals surface area contributed by atoms with Crippen LogP contribution in [0.3, 0.4) is 0 Å². The van der Waals surface area contributed by atoms with Crippen molar-refractivity contribution in [2.24, 2.45) is 0 Å². The van der Waals surface area contributed by atoms with Crippen LogP contribution in [0.2, 0.25) is 0 Å². The Kier molecular flexibility index (Phi) is 2.58. The Morgan fingerprint density at radius 1 is 1.42 bits per heavy atom. The Morgan fingerprint density at radius 2 is 2.08 bits per heavy atom. The third-order valence-corrected chi connectivity index (χ3v) is 1.50. The normalized spacial score (nSPS) is 9.92. The highest BCUT2D eigenvalue weighted by Crippen LogP contribution is 2.12. The maximum absolute atomic E-state index is 12.9. The molecule has 0 aliphatic heterocycles. The second-order valence-electron chi connectivity index (χ2n) is 2.87. The van der Waals surface area contributed by atoms with Gasteiger partial charge in [-0.05, 0) is 37.1 Å². The van der Waals surface area contributed by atoms with Gasteiger partial charge in [0.1, 0.15) is 11.6 Å². The molecule has 0 spiro atoms. The van der Waals surface area contributed by atoms with E-state index in [4.69, 9.17) is 0 Å². The van der Waals surface area contributed by atoms with Crippen molar-refractivity contribution in [1.82, 2.24) is 0 Å². The van der Waals surface area contributed by atoms with Crippen LogP contribution in [0.5, 0.6) is 0 Å². The molecule has 0 aliphatic rings. The van der Waals surface area contributed by atoms with Crippen molar-refractivity contribution in [3.63, 3.8) is 0 Å². The van der Waals surface area contributed by atoms with E-state index in [1.54, 1.807) is 6.92 Å². The van der Waals surface area contributed by atoms with Crippen molar-refractivity contribution in [1.29, 1.82) is 0 Å². The highest BCUT2D eigenvalue weighted by molar-refractivity contribution is 5.22. The number of rotatable bonds is 2. The van der Waals surface area contributed by atoms with Gasteiger partial charge in [-0.15, -0.1) is 0 Å². The Bertz CT molecular complexity index is 303. The Morgan fingerprint density at radius 3 is 2.67 bits per heavy atom. The molecule has 0 aromatic heterocycles.